The van der Waals surface area contributed by atoms with Crippen molar-refractivity contribution >= 4 is 23.2 Å². The summed E-state index contributed by atoms with van der Waals surface area (Å²) in [5.74, 6) is -0.710. The highest BCUT2D eigenvalue weighted by Crippen LogP contribution is 2.16. The Kier molecular flexibility index (Phi) is 5.95. The van der Waals surface area contributed by atoms with Gasteiger partial charge in [-0.25, -0.2) is 9.78 Å². The van der Waals surface area contributed by atoms with Crippen LogP contribution in [0.1, 0.15) is 26.4 Å². The van der Waals surface area contributed by atoms with Crippen LogP contribution in [-0.2, 0) is 4.74 Å². The van der Waals surface area contributed by atoms with Crippen molar-refractivity contribution < 1.29 is 14.3 Å². The van der Waals surface area contributed by atoms with Crippen molar-refractivity contribution in [2.45, 2.75) is 6.92 Å². The number of thiazole rings is 1. The number of rotatable bonds is 7. The number of carbonyl (C=O) groups excluding carboxylic acids is 2. The largest absolute Gasteiger partial charge is 0.461 e. The van der Waals surface area contributed by atoms with E-state index >= 15 is 0 Å². The van der Waals surface area contributed by atoms with Crippen LogP contribution >= 0.6 is 11.3 Å². The summed E-state index contributed by atoms with van der Waals surface area (Å²) in [6.45, 7) is 10.0. The van der Waals surface area contributed by atoms with Crippen LogP contribution in [0.15, 0.2) is 31.5 Å². The van der Waals surface area contributed by atoms with E-state index in [0.29, 0.717) is 18.0 Å². The van der Waals surface area contributed by atoms with Gasteiger partial charge in [0.1, 0.15) is 4.88 Å². The molecule has 0 radical (unpaired) electrons. The number of hydrogen-bond donors (Lipinski definition) is 0. The highest BCUT2D eigenvalue weighted by atomic mass is 32.1. The van der Waals surface area contributed by atoms with Gasteiger partial charge < -0.3 is 9.64 Å². The highest BCUT2D eigenvalue weighted by Gasteiger charge is 2.19. The Morgan fingerprint density at radius 3 is 2.58 bits per heavy atom. The zero-order valence-electron chi connectivity index (χ0n) is 10.8. The van der Waals surface area contributed by atoms with Crippen LogP contribution in [0, 0.1) is 0 Å². The molecule has 1 aromatic rings. The standard InChI is InChI=1S/C13H16N2O3S/c1-4-7-15(8-5-2)12(16)10-9-14-11(19-10)13(17)18-6-3/h4-5,9H,1-2,6-8H2,3H3. The molecule has 0 saturated heterocycles. The molecule has 1 rings (SSSR count). The van der Waals surface area contributed by atoms with E-state index < -0.39 is 5.97 Å². The normalized spacial score (nSPS) is 9.74. The minimum atomic E-state index is -0.509. The predicted octanol–water partition coefficient (Wildman–Crippen LogP) is 2.13. The Bertz CT molecular complexity index is 472. The van der Waals surface area contributed by atoms with Gasteiger partial charge in [0.05, 0.1) is 12.8 Å². The van der Waals surface area contributed by atoms with E-state index in [0.717, 1.165) is 11.3 Å². The molecule has 0 N–H and O–H groups in total. The Hall–Kier alpha value is -1.95. The van der Waals surface area contributed by atoms with Crippen LogP contribution < -0.4 is 0 Å². The topological polar surface area (TPSA) is 59.5 Å². The molecule has 0 aliphatic heterocycles. The van der Waals surface area contributed by atoms with Crippen molar-refractivity contribution in [3.8, 4) is 0 Å². The number of carbonyl (C=O) groups is 2. The van der Waals surface area contributed by atoms with Crippen molar-refractivity contribution in [2.24, 2.45) is 0 Å². The fraction of sp³-hybridized carbons (Fsp3) is 0.308. The Labute approximate surface area is 116 Å². The van der Waals surface area contributed by atoms with Crippen molar-refractivity contribution in [2.75, 3.05) is 19.7 Å². The maximum absolute atomic E-state index is 12.2. The van der Waals surface area contributed by atoms with Crippen LogP contribution in [0.4, 0.5) is 0 Å². The summed E-state index contributed by atoms with van der Waals surface area (Å²) in [5, 5.41) is 0.183. The molecular weight excluding hydrogens is 264 g/mol. The lowest BCUT2D eigenvalue weighted by Gasteiger charge is -2.17. The van der Waals surface area contributed by atoms with Gasteiger partial charge in [0.15, 0.2) is 0 Å². The van der Waals surface area contributed by atoms with Gasteiger partial charge in [0, 0.05) is 13.1 Å². The Morgan fingerprint density at radius 2 is 2.05 bits per heavy atom. The summed E-state index contributed by atoms with van der Waals surface area (Å²) in [5.41, 5.74) is 0. The van der Waals surface area contributed by atoms with E-state index in [1.54, 1.807) is 24.0 Å². The van der Waals surface area contributed by atoms with Gasteiger partial charge in [0.2, 0.25) is 5.01 Å². The number of nitrogens with zero attached hydrogens (tertiary/aromatic N) is 2. The smallest absolute Gasteiger partial charge is 0.367 e. The predicted molar refractivity (Wildman–Crippen MR) is 74.4 cm³/mol. The van der Waals surface area contributed by atoms with Gasteiger partial charge in [-0.05, 0) is 6.92 Å². The van der Waals surface area contributed by atoms with E-state index in [1.807, 2.05) is 0 Å². The molecule has 0 bridgehead atoms. The van der Waals surface area contributed by atoms with Gasteiger partial charge in [-0.2, -0.15) is 0 Å². The van der Waals surface area contributed by atoms with Gasteiger partial charge in [-0.1, -0.05) is 12.2 Å². The molecule has 6 heteroatoms. The average Bonchev–Trinajstić information content (AvgIpc) is 2.87. The van der Waals surface area contributed by atoms with Crippen molar-refractivity contribution in [3.05, 3.63) is 41.4 Å². The Morgan fingerprint density at radius 1 is 1.42 bits per heavy atom. The minimum absolute atomic E-state index is 0.183. The third-order valence-corrected chi connectivity index (χ3v) is 3.12. The lowest BCUT2D eigenvalue weighted by Crippen LogP contribution is -2.30. The van der Waals surface area contributed by atoms with E-state index in [1.165, 1.54) is 6.20 Å². The summed E-state index contributed by atoms with van der Waals surface area (Å²) in [7, 11) is 0. The fourth-order valence-electron chi connectivity index (χ4n) is 1.37. The van der Waals surface area contributed by atoms with E-state index in [9.17, 15) is 9.59 Å². The molecule has 1 amide bonds. The third-order valence-electron chi connectivity index (χ3n) is 2.15. The molecular formula is C13H16N2O3S. The first-order valence-corrected chi connectivity index (χ1v) is 6.59. The SMILES string of the molecule is C=CCN(CC=C)C(=O)c1cnc(C(=O)OCC)s1. The molecule has 0 aromatic carbocycles. The summed E-state index contributed by atoms with van der Waals surface area (Å²) >= 11 is 1.02. The number of hydrogen-bond acceptors (Lipinski definition) is 5. The summed E-state index contributed by atoms with van der Waals surface area (Å²) < 4.78 is 4.83. The first-order chi connectivity index (χ1) is 9.13. The average molecular weight is 280 g/mol. The van der Waals surface area contributed by atoms with Crippen LogP contribution in [0.3, 0.4) is 0 Å². The second-order valence-corrected chi connectivity index (χ2v) is 4.57. The molecule has 0 unspecified atom stereocenters. The lowest BCUT2D eigenvalue weighted by atomic mass is 10.4. The van der Waals surface area contributed by atoms with E-state index in [-0.39, 0.29) is 17.5 Å². The molecule has 102 valence electrons. The maximum atomic E-state index is 12.2. The number of amides is 1. The summed E-state index contributed by atoms with van der Waals surface area (Å²) in [6.07, 6.45) is 4.65. The van der Waals surface area contributed by atoms with Crippen LogP contribution in [0.5, 0.6) is 0 Å². The van der Waals surface area contributed by atoms with Crippen molar-refractivity contribution in [1.29, 1.82) is 0 Å². The summed E-state index contributed by atoms with van der Waals surface area (Å²) in [6, 6.07) is 0. The molecule has 0 atom stereocenters. The highest BCUT2D eigenvalue weighted by molar-refractivity contribution is 7.15. The van der Waals surface area contributed by atoms with Gasteiger partial charge in [-0.3, -0.25) is 4.79 Å². The van der Waals surface area contributed by atoms with E-state index in [2.05, 4.69) is 18.1 Å². The molecule has 1 aromatic heterocycles. The molecule has 0 aliphatic rings. The van der Waals surface area contributed by atoms with Crippen LogP contribution in [-0.4, -0.2) is 41.5 Å². The zero-order chi connectivity index (χ0) is 14.3. The minimum Gasteiger partial charge on any atom is -0.461 e. The first-order valence-electron chi connectivity index (χ1n) is 5.78. The maximum Gasteiger partial charge on any atom is 0.367 e. The van der Waals surface area contributed by atoms with Crippen molar-refractivity contribution in [3.63, 3.8) is 0 Å². The molecule has 5 nitrogen and oxygen atoms in total. The fourth-order valence-corrected chi connectivity index (χ4v) is 2.15. The van der Waals surface area contributed by atoms with E-state index in [4.69, 9.17) is 4.74 Å². The van der Waals surface area contributed by atoms with Crippen LogP contribution in [0.2, 0.25) is 0 Å². The van der Waals surface area contributed by atoms with Gasteiger partial charge in [0.25, 0.3) is 5.91 Å². The molecule has 0 fully saturated rings. The lowest BCUT2D eigenvalue weighted by molar-refractivity contribution is 0.0525. The second-order valence-electron chi connectivity index (χ2n) is 3.54. The monoisotopic (exact) mass is 280 g/mol. The molecule has 19 heavy (non-hydrogen) atoms. The quantitative estimate of drug-likeness (QED) is 0.567. The second kappa shape index (κ2) is 7.48. The van der Waals surface area contributed by atoms with Gasteiger partial charge >= 0.3 is 5.97 Å². The molecule has 1 heterocycles. The Balaban J connectivity index is 2.84. The summed E-state index contributed by atoms with van der Waals surface area (Å²) in [4.78, 5) is 29.5. The van der Waals surface area contributed by atoms with Crippen LogP contribution in [0.25, 0.3) is 0 Å². The van der Waals surface area contributed by atoms with Gasteiger partial charge in [-0.15, -0.1) is 24.5 Å². The molecule has 0 spiro atoms. The number of ether oxygens (including phenoxy) is 1. The first kappa shape index (κ1) is 15.1. The molecule has 0 aliphatic carbocycles. The third kappa shape index (κ3) is 4.03. The van der Waals surface area contributed by atoms with Crippen molar-refractivity contribution in [1.82, 2.24) is 9.88 Å². The molecule has 0 saturated carbocycles. The number of aromatic nitrogens is 1. The zero-order valence-corrected chi connectivity index (χ0v) is 11.6. The number of esters is 1.